The molecule has 3 heterocycles. The van der Waals surface area contributed by atoms with Crippen molar-refractivity contribution >= 4 is 56.0 Å². The summed E-state index contributed by atoms with van der Waals surface area (Å²) in [5, 5.41) is 1.79. The van der Waals surface area contributed by atoms with E-state index in [4.69, 9.17) is 4.74 Å². The minimum atomic E-state index is -0.318. The Bertz CT molecular complexity index is 1600. The topological polar surface area (TPSA) is 77.0 Å². The Kier molecular flexibility index (Phi) is 4.60. The van der Waals surface area contributed by atoms with E-state index in [1.807, 2.05) is 36.4 Å². The van der Waals surface area contributed by atoms with E-state index in [-0.39, 0.29) is 34.8 Å². The molecule has 0 bridgehead atoms. The third-order valence-corrected chi connectivity index (χ3v) is 6.66. The highest BCUT2D eigenvalue weighted by molar-refractivity contribution is 7.12. The van der Waals surface area contributed by atoms with Crippen molar-refractivity contribution in [2.45, 2.75) is 18.9 Å². The summed E-state index contributed by atoms with van der Waals surface area (Å²) in [5.74, 6) is 0.655. The van der Waals surface area contributed by atoms with Gasteiger partial charge in [0.1, 0.15) is 10.2 Å². The van der Waals surface area contributed by atoms with Gasteiger partial charge < -0.3 is 9.30 Å². The number of hydrogen-bond donors (Lipinski definition) is 1. The van der Waals surface area contributed by atoms with Crippen LogP contribution in [0.5, 0.6) is 5.75 Å². The Morgan fingerprint density at radius 1 is 1.16 bits per heavy atom. The van der Waals surface area contributed by atoms with Gasteiger partial charge in [-0.2, -0.15) is 0 Å². The lowest BCUT2D eigenvalue weighted by Crippen LogP contribution is -2.15. The van der Waals surface area contributed by atoms with Gasteiger partial charge in [0.15, 0.2) is 5.75 Å². The number of rotatable bonds is 3. The summed E-state index contributed by atoms with van der Waals surface area (Å²) in [4.78, 5) is 30.6. The lowest BCUT2D eigenvalue weighted by Gasteiger charge is -2.17. The molecule has 156 valence electrons. The number of halogens is 1. The van der Waals surface area contributed by atoms with Crippen molar-refractivity contribution in [1.82, 2.24) is 13.9 Å². The predicted molar refractivity (Wildman–Crippen MR) is 127 cm³/mol. The van der Waals surface area contributed by atoms with E-state index < -0.39 is 0 Å². The molecule has 31 heavy (non-hydrogen) atoms. The van der Waals surface area contributed by atoms with Crippen LogP contribution in [0.4, 0.5) is 0 Å². The van der Waals surface area contributed by atoms with E-state index in [9.17, 15) is 9.59 Å². The number of ether oxygens (including phenoxy) is 1. The van der Waals surface area contributed by atoms with Crippen LogP contribution in [0.3, 0.4) is 0 Å². The maximum Gasteiger partial charge on any atom is 0.271 e. The summed E-state index contributed by atoms with van der Waals surface area (Å²) in [6, 6.07) is 14.0. The third kappa shape index (κ3) is 2.88. The quantitative estimate of drug-likeness (QED) is 0.424. The molecule has 6 nitrogen and oxygen atoms in total. The van der Waals surface area contributed by atoms with Gasteiger partial charge in [-0.1, -0.05) is 12.1 Å². The second-order valence-electron chi connectivity index (χ2n) is 7.60. The Morgan fingerprint density at radius 2 is 2.00 bits per heavy atom. The molecule has 0 saturated heterocycles. The molecule has 0 radical (unpaired) electrons. The maximum absolute atomic E-state index is 13.2. The SMILES string of the molecule is COc1c(-c2ccc3ncccc3c2)ccc2c(=O)c3c(=O)[nH]sc3n(C3CC3)c12.Cl. The standard InChI is InChI=1S/C23H17N3O3S.ClH/c1-29-21-15(12-4-9-17-13(11-12)3-2-10-24-17)7-8-16-19(21)26(14-5-6-14)23-18(20(16)27)22(28)25-30-23;/h2-4,7-11,14H,5-6H2,1H3,(H,25,28);1H. The molecule has 1 aliphatic carbocycles. The molecule has 0 unspecified atom stereocenters. The minimum absolute atomic E-state index is 0. The molecule has 1 aliphatic rings. The fourth-order valence-electron chi connectivity index (χ4n) is 4.25. The number of nitrogens with one attached hydrogen (secondary N) is 1. The van der Waals surface area contributed by atoms with Crippen molar-refractivity contribution < 1.29 is 4.74 Å². The molecule has 8 heteroatoms. The molecule has 1 saturated carbocycles. The monoisotopic (exact) mass is 451 g/mol. The maximum atomic E-state index is 13.2. The lowest BCUT2D eigenvalue weighted by atomic mass is 9.99. The van der Waals surface area contributed by atoms with E-state index in [0.29, 0.717) is 16.0 Å². The zero-order valence-electron chi connectivity index (χ0n) is 16.5. The number of H-pyrrole nitrogens is 1. The predicted octanol–water partition coefficient (Wildman–Crippen LogP) is 4.89. The van der Waals surface area contributed by atoms with Crippen LogP contribution in [-0.4, -0.2) is 21.0 Å². The molecule has 0 spiro atoms. The normalized spacial score (nSPS) is 13.6. The van der Waals surface area contributed by atoms with Crippen LogP contribution < -0.4 is 15.7 Å². The molecule has 2 aromatic carbocycles. The lowest BCUT2D eigenvalue weighted by molar-refractivity contribution is 0.419. The number of benzene rings is 2. The first kappa shape index (κ1) is 19.8. The van der Waals surface area contributed by atoms with Crippen LogP contribution in [0.25, 0.3) is 43.1 Å². The second kappa shape index (κ2) is 7.21. The molecule has 0 atom stereocenters. The van der Waals surface area contributed by atoms with Crippen molar-refractivity contribution in [3.63, 3.8) is 0 Å². The molecular formula is C23H18ClN3O3S. The van der Waals surface area contributed by atoms with Gasteiger partial charge in [-0.25, -0.2) is 0 Å². The van der Waals surface area contributed by atoms with Crippen molar-refractivity contribution in [1.29, 1.82) is 0 Å². The van der Waals surface area contributed by atoms with E-state index in [0.717, 1.165) is 40.4 Å². The van der Waals surface area contributed by atoms with Gasteiger partial charge in [-0.05, 0) is 60.3 Å². The summed E-state index contributed by atoms with van der Waals surface area (Å²) in [5.41, 5.74) is 3.03. The first-order chi connectivity index (χ1) is 14.7. The number of aromatic amines is 1. The first-order valence-corrected chi connectivity index (χ1v) is 10.6. The fourth-order valence-corrected chi connectivity index (χ4v) is 5.17. The highest BCUT2D eigenvalue weighted by atomic mass is 35.5. The minimum Gasteiger partial charge on any atom is -0.494 e. The highest BCUT2D eigenvalue weighted by Gasteiger charge is 2.30. The van der Waals surface area contributed by atoms with Gasteiger partial charge in [-0.3, -0.25) is 18.9 Å². The summed E-state index contributed by atoms with van der Waals surface area (Å²) >= 11 is 1.22. The zero-order chi connectivity index (χ0) is 20.4. The third-order valence-electron chi connectivity index (χ3n) is 5.77. The van der Waals surface area contributed by atoms with E-state index >= 15 is 0 Å². The number of nitrogens with zero attached hydrogens (tertiary/aromatic N) is 2. The van der Waals surface area contributed by atoms with Gasteiger partial charge in [0, 0.05) is 23.2 Å². The molecule has 0 aliphatic heterocycles. The molecule has 1 N–H and O–H groups in total. The Morgan fingerprint density at radius 3 is 2.77 bits per heavy atom. The summed E-state index contributed by atoms with van der Waals surface area (Å²) in [7, 11) is 1.63. The first-order valence-electron chi connectivity index (χ1n) is 9.79. The Balaban J connectivity index is 0.00000204. The molecule has 5 aromatic rings. The van der Waals surface area contributed by atoms with Crippen LogP contribution >= 0.6 is 23.9 Å². The van der Waals surface area contributed by atoms with Crippen molar-refractivity contribution in [3.8, 4) is 16.9 Å². The fraction of sp³-hybridized carbons (Fsp3) is 0.174. The van der Waals surface area contributed by atoms with Gasteiger partial charge >= 0.3 is 0 Å². The Hall–Kier alpha value is -3.16. The number of methoxy groups -OCH3 is 1. The van der Waals surface area contributed by atoms with Crippen molar-refractivity contribution in [2.24, 2.45) is 0 Å². The molecule has 3 aromatic heterocycles. The molecule has 0 amide bonds. The van der Waals surface area contributed by atoms with Gasteiger partial charge in [-0.15, -0.1) is 12.4 Å². The van der Waals surface area contributed by atoms with Crippen LogP contribution in [0.15, 0.2) is 58.3 Å². The van der Waals surface area contributed by atoms with Gasteiger partial charge in [0.25, 0.3) is 5.56 Å². The van der Waals surface area contributed by atoms with Gasteiger partial charge in [0.2, 0.25) is 5.43 Å². The van der Waals surface area contributed by atoms with Crippen LogP contribution in [-0.2, 0) is 0 Å². The summed E-state index contributed by atoms with van der Waals surface area (Å²) < 4.78 is 10.8. The van der Waals surface area contributed by atoms with Crippen molar-refractivity contribution in [3.05, 3.63) is 69.2 Å². The molecule has 6 rings (SSSR count). The van der Waals surface area contributed by atoms with E-state index in [1.54, 1.807) is 13.3 Å². The molecule has 1 fully saturated rings. The average molecular weight is 452 g/mol. The number of pyridine rings is 2. The number of fused-ring (bicyclic) bond motifs is 3. The van der Waals surface area contributed by atoms with E-state index in [2.05, 4.69) is 20.0 Å². The summed E-state index contributed by atoms with van der Waals surface area (Å²) in [6.07, 6.45) is 3.82. The van der Waals surface area contributed by atoms with Crippen LogP contribution in [0, 0.1) is 0 Å². The number of aromatic nitrogens is 3. The smallest absolute Gasteiger partial charge is 0.271 e. The largest absolute Gasteiger partial charge is 0.494 e. The van der Waals surface area contributed by atoms with E-state index in [1.165, 1.54) is 11.5 Å². The summed E-state index contributed by atoms with van der Waals surface area (Å²) in [6.45, 7) is 0. The highest BCUT2D eigenvalue weighted by Crippen LogP contribution is 2.44. The Labute approximate surface area is 186 Å². The average Bonchev–Trinajstić information content (AvgIpc) is 3.54. The van der Waals surface area contributed by atoms with Crippen LogP contribution in [0.2, 0.25) is 0 Å². The van der Waals surface area contributed by atoms with Crippen LogP contribution in [0.1, 0.15) is 18.9 Å². The van der Waals surface area contributed by atoms with Crippen molar-refractivity contribution in [2.75, 3.05) is 7.11 Å². The number of hydrogen-bond acceptors (Lipinski definition) is 5. The van der Waals surface area contributed by atoms with Gasteiger partial charge in [0.05, 0.1) is 23.5 Å². The second-order valence-corrected chi connectivity index (χ2v) is 8.39. The molecular weight excluding hydrogens is 434 g/mol. The zero-order valence-corrected chi connectivity index (χ0v) is 18.2.